The summed E-state index contributed by atoms with van der Waals surface area (Å²) in [7, 11) is 1.87. The predicted octanol–water partition coefficient (Wildman–Crippen LogP) is 2.47. The molecule has 0 radical (unpaired) electrons. The number of benzene rings is 1. The van der Waals surface area contributed by atoms with Crippen molar-refractivity contribution in [2.24, 2.45) is 10.9 Å². The summed E-state index contributed by atoms with van der Waals surface area (Å²) in [5, 5.41) is 3.49. The summed E-state index contributed by atoms with van der Waals surface area (Å²) in [5.74, 6) is 1.65. The van der Waals surface area contributed by atoms with Crippen molar-refractivity contribution in [2.45, 2.75) is 26.7 Å². The Morgan fingerprint density at radius 1 is 1.36 bits per heavy atom. The highest BCUT2D eigenvalue weighted by Gasteiger charge is 2.24. The van der Waals surface area contributed by atoms with Crippen molar-refractivity contribution in [1.29, 1.82) is 0 Å². The highest BCUT2D eigenvalue weighted by Crippen LogP contribution is 2.16. The number of nitrogens with one attached hydrogen (secondary N) is 1. The van der Waals surface area contributed by atoms with Crippen LogP contribution in [-0.4, -0.2) is 50.8 Å². The molecule has 22 heavy (non-hydrogen) atoms. The molecule has 4 heteroatoms. The van der Waals surface area contributed by atoms with Crippen LogP contribution in [-0.2, 0) is 11.2 Å². The van der Waals surface area contributed by atoms with Crippen LogP contribution in [0.4, 0.5) is 0 Å². The molecular weight excluding hydrogens is 274 g/mol. The van der Waals surface area contributed by atoms with E-state index in [1.807, 2.05) is 7.05 Å². The van der Waals surface area contributed by atoms with Gasteiger partial charge in [0, 0.05) is 39.2 Å². The number of hydrogen-bond acceptors (Lipinski definition) is 2. The van der Waals surface area contributed by atoms with Gasteiger partial charge in [0.1, 0.15) is 0 Å². The minimum absolute atomic E-state index is 0.635. The Labute approximate surface area is 134 Å². The molecule has 0 amide bonds. The first-order valence-corrected chi connectivity index (χ1v) is 8.31. The Morgan fingerprint density at radius 3 is 2.82 bits per heavy atom. The van der Waals surface area contributed by atoms with E-state index in [1.165, 1.54) is 17.5 Å². The van der Waals surface area contributed by atoms with Crippen molar-refractivity contribution < 1.29 is 4.74 Å². The zero-order valence-corrected chi connectivity index (χ0v) is 14.1. The number of aliphatic imine (C=N–C) groups is 1. The smallest absolute Gasteiger partial charge is 0.193 e. The molecule has 0 saturated carbocycles. The van der Waals surface area contributed by atoms with Gasteiger partial charge in [0.05, 0.1) is 6.61 Å². The van der Waals surface area contributed by atoms with Crippen molar-refractivity contribution in [3.05, 3.63) is 35.4 Å². The molecule has 4 nitrogen and oxygen atoms in total. The van der Waals surface area contributed by atoms with Crippen LogP contribution in [0.15, 0.2) is 29.3 Å². The predicted molar refractivity (Wildman–Crippen MR) is 92.4 cm³/mol. The molecule has 1 aliphatic heterocycles. The summed E-state index contributed by atoms with van der Waals surface area (Å²) >= 11 is 0. The zero-order chi connectivity index (χ0) is 15.8. The first-order valence-electron chi connectivity index (χ1n) is 8.31. The molecule has 0 spiro atoms. The molecule has 1 N–H and O–H groups in total. The number of aryl methyl sites for hydroxylation is 1. The van der Waals surface area contributed by atoms with E-state index < -0.39 is 0 Å². The van der Waals surface area contributed by atoms with E-state index in [1.54, 1.807) is 0 Å². The Balaban J connectivity index is 1.75. The second-order valence-corrected chi connectivity index (χ2v) is 5.97. The van der Waals surface area contributed by atoms with Crippen LogP contribution < -0.4 is 5.32 Å². The Morgan fingerprint density at radius 2 is 2.14 bits per heavy atom. The van der Waals surface area contributed by atoms with Gasteiger partial charge in [-0.25, -0.2) is 0 Å². The Hall–Kier alpha value is -1.55. The van der Waals surface area contributed by atoms with Crippen molar-refractivity contribution in [3.63, 3.8) is 0 Å². The number of guanidine groups is 1. The molecule has 1 saturated heterocycles. The standard InChI is InChI=1S/C18H29N3O/c1-4-22-14-17-10-12-21(13-17)18(19-3)20-11-9-16-7-5-15(2)6-8-16/h5-8,17H,4,9-14H2,1-3H3,(H,19,20). The summed E-state index contributed by atoms with van der Waals surface area (Å²) in [6.45, 7) is 8.89. The molecule has 1 aromatic carbocycles. The second-order valence-electron chi connectivity index (χ2n) is 5.97. The number of nitrogens with zero attached hydrogens (tertiary/aromatic N) is 2. The molecule has 0 bridgehead atoms. The fourth-order valence-electron chi connectivity index (χ4n) is 2.85. The molecule has 1 aromatic rings. The van der Waals surface area contributed by atoms with Gasteiger partial charge in [-0.3, -0.25) is 4.99 Å². The molecule has 2 rings (SSSR count). The third kappa shape index (κ3) is 5.02. The second kappa shape index (κ2) is 8.79. The first kappa shape index (κ1) is 16.8. The highest BCUT2D eigenvalue weighted by atomic mass is 16.5. The lowest BCUT2D eigenvalue weighted by Crippen LogP contribution is -2.41. The minimum Gasteiger partial charge on any atom is -0.381 e. The maximum Gasteiger partial charge on any atom is 0.193 e. The third-order valence-corrected chi connectivity index (χ3v) is 4.17. The fourth-order valence-corrected chi connectivity index (χ4v) is 2.85. The number of rotatable bonds is 6. The van der Waals surface area contributed by atoms with E-state index in [0.717, 1.165) is 45.2 Å². The van der Waals surface area contributed by atoms with Gasteiger partial charge < -0.3 is 15.0 Å². The zero-order valence-electron chi connectivity index (χ0n) is 14.1. The summed E-state index contributed by atoms with van der Waals surface area (Å²) in [6, 6.07) is 8.74. The molecule has 1 unspecified atom stereocenters. The minimum atomic E-state index is 0.635. The molecule has 0 aromatic heterocycles. The van der Waals surface area contributed by atoms with Crippen LogP contribution in [0.25, 0.3) is 0 Å². The van der Waals surface area contributed by atoms with E-state index in [9.17, 15) is 0 Å². The molecular formula is C18H29N3O. The summed E-state index contributed by atoms with van der Waals surface area (Å²) in [4.78, 5) is 6.77. The van der Waals surface area contributed by atoms with Crippen molar-refractivity contribution in [2.75, 3.05) is 39.9 Å². The van der Waals surface area contributed by atoms with Crippen molar-refractivity contribution in [3.8, 4) is 0 Å². The van der Waals surface area contributed by atoms with E-state index >= 15 is 0 Å². The molecule has 1 heterocycles. The maximum absolute atomic E-state index is 5.54. The van der Waals surface area contributed by atoms with Gasteiger partial charge in [0.15, 0.2) is 5.96 Å². The van der Waals surface area contributed by atoms with Gasteiger partial charge in [-0.1, -0.05) is 29.8 Å². The Bertz CT molecular complexity index is 470. The summed E-state index contributed by atoms with van der Waals surface area (Å²) < 4.78 is 5.54. The number of ether oxygens (including phenoxy) is 1. The summed E-state index contributed by atoms with van der Waals surface area (Å²) in [5.41, 5.74) is 2.68. The molecule has 122 valence electrons. The lowest BCUT2D eigenvalue weighted by atomic mass is 10.1. The van der Waals surface area contributed by atoms with Crippen molar-refractivity contribution in [1.82, 2.24) is 10.2 Å². The highest BCUT2D eigenvalue weighted by molar-refractivity contribution is 5.80. The van der Waals surface area contributed by atoms with Gasteiger partial charge in [-0.05, 0) is 32.3 Å². The van der Waals surface area contributed by atoms with E-state index in [-0.39, 0.29) is 0 Å². The van der Waals surface area contributed by atoms with Gasteiger partial charge in [0.25, 0.3) is 0 Å². The number of likely N-dealkylation sites (tertiary alicyclic amines) is 1. The normalized spacial score (nSPS) is 18.8. The first-order chi connectivity index (χ1) is 10.7. The van der Waals surface area contributed by atoms with Gasteiger partial charge >= 0.3 is 0 Å². The average molecular weight is 303 g/mol. The van der Waals surface area contributed by atoms with Crippen molar-refractivity contribution >= 4 is 5.96 Å². The molecule has 1 fully saturated rings. The quantitative estimate of drug-likeness (QED) is 0.648. The lowest BCUT2D eigenvalue weighted by Gasteiger charge is -2.21. The molecule has 1 atom stereocenters. The van der Waals surface area contributed by atoms with E-state index in [2.05, 4.69) is 53.3 Å². The van der Waals surface area contributed by atoms with Crippen LogP contribution in [0.1, 0.15) is 24.5 Å². The average Bonchev–Trinajstić information content (AvgIpc) is 3.00. The van der Waals surface area contributed by atoms with Crippen LogP contribution >= 0.6 is 0 Å². The van der Waals surface area contributed by atoms with Gasteiger partial charge in [-0.2, -0.15) is 0 Å². The summed E-state index contributed by atoms with van der Waals surface area (Å²) in [6.07, 6.45) is 2.22. The topological polar surface area (TPSA) is 36.9 Å². The van der Waals surface area contributed by atoms with E-state index in [4.69, 9.17) is 4.74 Å². The lowest BCUT2D eigenvalue weighted by molar-refractivity contribution is 0.114. The monoisotopic (exact) mass is 303 g/mol. The molecule has 0 aliphatic carbocycles. The fraction of sp³-hybridized carbons (Fsp3) is 0.611. The molecule has 1 aliphatic rings. The van der Waals surface area contributed by atoms with Crippen LogP contribution in [0.5, 0.6) is 0 Å². The van der Waals surface area contributed by atoms with Crippen LogP contribution in [0, 0.1) is 12.8 Å². The third-order valence-electron chi connectivity index (χ3n) is 4.17. The largest absolute Gasteiger partial charge is 0.381 e. The van der Waals surface area contributed by atoms with Gasteiger partial charge in [0.2, 0.25) is 0 Å². The maximum atomic E-state index is 5.54. The van der Waals surface area contributed by atoms with Gasteiger partial charge in [-0.15, -0.1) is 0 Å². The van der Waals surface area contributed by atoms with E-state index in [0.29, 0.717) is 5.92 Å². The number of hydrogen-bond donors (Lipinski definition) is 1. The SMILES string of the molecule is CCOCC1CCN(C(=NC)NCCc2ccc(C)cc2)C1. The van der Waals surface area contributed by atoms with Crippen LogP contribution in [0.3, 0.4) is 0 Å². The van der Waals surface area contributed by atoms with Crippen LogP contribution in [0.2, 0.25) is 0 Å². The Kier molecular flexibility index (Phi) is 6.72.